The van der Waals surface area contributed by atoms with E-state index in [-0.39, 0.29) is 17.3 Å². The van der Waals surface area contributed by atoms with Gasteiger partial charge in [0.25, 0.3) is 0 Å². The van der Waals surface area contributed by atoms with Crippen LogP contribution in [0.2, 0.25) is 0 Å². The minimum Gasteiger partial charge on any atom is -0.445 e. The second kappa shape index (κ2) is 9.09. The summed E-state index contributed by atoms with van der Waals surface area (Å²) in [6, 6.07) is 12.2. The first-order valence-electron chi connectivity index (χ1n) is 11.3. The molecule has 0 bridgehead atoms. The van der Waals surface area contributed by atoms with Crippen LogP contribution < -0.4 is 5.32 Å². The topological polar surface area (TPSA) is 97.0 Å². The first kappa shape index (κ1) is 25.4. The lowest BCUT2D eigenvalue weighted by atomic mass is 9.90. The number of hydrogen-bond donors (Lipinski definition) is 1. The molecule has 36 heavy (non-hydrogen) atoms. The summed E-state index contributed by atoms with van der Waals surface area (Å²) in [6.45, 7) is 6.86. The highest BCUT2D eigenvalue weighted by Gasteiger charge is 2.40. The molecular formula is C26H29FN4O4S. The van der Waals surface area contributed by atoms with Gasteiger partial charge in [-0.2, -0.15) is 0 Å². The Labute approximate surface area is 210 Å². The Balaban J connectivity index is 1.76. The summed E-state index contributed by atoms with van der Waals surface area (Å²) < 4.78 is 40.7. The number of carbonyl (C=O) groups excluding carboxylic acids is 1. The summed E-state index contributed by atoms with van der Waals surface area (Å²) in [5.41, 5.74) is 0.539. The Bertz CT molecular complexity index is 1430. The zero-order valence-corrected chi connectivity index (χ0v) is 21.7. The maximum atomic E-state index is 15.2. The van der Waals surface area contributed by atoms with Crippen LogP contribution >= 0.6 is 0 Å². The standard InChI is InChI=1S/C26H29FN4O4S/c1-25(2,3)35-24(32)29-23-30-26(4,16-36(6,33)31(23)5)20-15-18(10-11-21(20)27)17-8-7-9-19(14-17)22-28-12-13-34-22/h7-15H,6,16H2,1-5H3,(H,29,30,32)/t26-,36?/m0/s1. The summed E-state index contributed by atoms with van der Waals surface area (Å²) in [5, 5.41) is 2.55. The fraction of sp³-hybridized carbons (Fsp3) is 0.308. The van der Waals surface area contributed by atoms with Gasteiger partial charge in [-0.15, -0.1) is 0 Å². The van der Waals surface area contributed by atoms with E-state index in [1.807, 2.05) is 24.3 Å². The molecule has 0 fully saturated rings. The zero-order valence-electron chi connectivity index (χ0n) is 20.9. The zero-order chi connectivity index (χ0) is 26.3. The van der Waals surface area contributed by atoms with Crippen molar-refractivity contribution >= 4 is 27.6 Å². The normalized spacial score (nSPS) is 22.2. The minimum atomic E-state index is -2.94. The van der Waals surface area contributed by atoms with Crippen molar-refractivity contribution < 1.29 is 22.5 Å². The Morgan fingerprint density at radius 3 is 2.58 bits per heavy atom. The van der Waals surface area contributed by atoms with Gasteiger partial charge in [0.2, 0.25) is 11.9 Å². The van der Waals surface area contributed by atoms with Crippen molar-refractivity contribution in [1.82, 2.24) is 14.6 Å². The third kappa shape index (κ3) is 5.28. The molecule has 1 aromatic heterocycles. The van der Waals surface area contributed by atoms with E-state index in [0.717, 1.165) is 16.7 Å². The lowest BCUT2D eigenvalue weighted by Crippen LogP contribution is -2.54. The highest BCUT2D eigenvalue weighted by Crippen LogP contribution is 2.36. The van der Waals surface area contributed by atoms with E-state index in [9.17, 15) is 9.00 Å². The van der Waals surface area contributed by atoms with Crippen molar-refractivity contribution in [1.29, 1.82) is 0 Å². The quantitative estimate of drug-likeness (QED) is 0.508. The van der Waals surface area contributed by atoms with E-state index >= 15 is 4.39 Å². The molecule has 1 amide bonds. The molecule has 3 aromatic rings. The maximum absolute atomic E-state index is 15.2. The van der Waals surface area contributed by atoms with Gasteiger partial charge in [0.1, 0.15) is 23.2 Å². The number of aliphatic imine (C=N–C) groups is 1. The van der Waals surface area contributed by atoms with E-state index in [1.165, 1.54) is 23.7 Å². The molecular weight excluding hydrogens is 483 g/mol. The molecule has 0 saturated heterocycles. The average Bonchev–Trinajstić information content (AvgIpc) is 3.31. The number of amides is 1. The number of hydrogen-bond acceptors (Lipinski definition) is 6. The minimum absolute atomic E-state index is 0.00584. The highest BCUT2D eigenvalue weighted by molar-refractivity contribution is 7.98. The van der Waals surface area contributed by atoms with Crippen LogP contribution in [0.1, 0.15) is 33.3 Å². The van der Waals surface area contributed by atoms with Gasteiger partial charge in [0.15, 0.2) is 0 Å². The van der Waals surface area contributed by atoms with Gasteiger partial charge in [0.05, 0.1) is 21.7 Å². The molecule has 1 aliphatic heterocycles. The van der Waals surface area contributed by atoms with Gasteiger partial charge >= 0.3 is 6.09 Å². The van der Waals surface area contributed by atoms with Gasteiger partial charge in [-0.3, -0.25) is 9.62 Å². The van der Waals surface area contributed by atoms with E-state index < -0.39 is 32.8 Å². The molecule has 1 N–H and O–H groups in total. The number of benzene rings is 2. The van der Waals surface area contributed by atoms with Crippen LogP contribution in [0.15, 0.2) is 64.3 Å². The Morgan fingerprint density at radius 2 is 1.92 bits per heavy atom. The number of nitrogens with zero attached hydrogens (tertiary/aromatic N) is 3. The van der Waals surface area contributed by atoms with Crippen molar-refractivity contribution in [2.75, 3.05) is 12.8 Å². The molecule has 10 heteroatoms. The highest BCUT2D eigenvalue weighted by atomic mass is 32.2. The van der Waals surface area contributed by atoms with Gasteiger partial charge in [-0.05, 0) is 69.0 Å². The van der Waals surface area contributed by atoms with Gasteiger partial charge < -0.3 is 9.15 Å². The Hall–Kier alpha value is -3.66. The maximum Gasteiger partial charge on any atom is 0.414 e. The second-order valence-electron chi connectivity index (χ2n) is 9.86. The van der Waals surface area contributed by atoms with Gasteiger partial charge in [-0.25, -0.2) is 23.4 Å². The molecule has 0 radical (unpaired) electrons. The number of oxazole rings is 1. The Kier molecular flexibility index (Phi) is 6.42. The largest absolute Gasteiger partial charge is 0.445 e. The molecule has 2 aromatic carbocycles. The fourth-order valence-electron chi connectivity index (χ4n) is 3.98. The van der Waals surface area contributed by atoms with Gasteiger partial charge in [-0.1, -0.05) is 18.2 Å². The molecule has 1 aliphatic rings. The molecule has 190 valence electrons. The third-order valence-corrected chi connectivity index (χ3v) is 7.88. The van der Waals surface area contributed by atoms with Crippen LogP contribution in [0, 0.1) is 5.82 Å². The average molecular weight is 513 g/mol. The van der Waals surface area contributed by atoms with Crippen molar-refractivity contribution in [3.05, 3.63) is 66.3 Å². The Morgan fingerprint density at radius 1 is 1.22 bits per heavy atom. The van der Waals surface area contributed by atoms with Crippen LogP contribution in [0.3, 0.4) is 0 Å². The fourth-order valence-corrected chi connectivity index (χ4v) is 5.68. The van der Waals surface area contributed by atoms with E-state index in [2.05, 4.69) is 21.2 Å². The van der Waals surface area contributed by atoms with Crippen LogP contribution in [0.5, 0.6) is 0 Å². The van der Waals surface area contributed by atoms with E-state index in [1.54, 1.807) is 46.0 Å². The summed E-state index contributed by atoms with van der Waals surface area (Å²) in [7, 11) is -1.42. The molecule has 4 rings (SSSR count). The predicted octanol–water partition coefficient (Wildman–Crippen LogP) is 4.82. The molecule has 0 aliphatic carbocycles. The number of ether oxygens (including phenoxy) is 1. The SMILES string of the molecule is C=S1(=O)C[C@@](C)(c2cc(-c3cccc(-c4ncco4)c3)ccc2F)N=C(NC(=O)OC(C)(C)C)N1C. The smallest absolute Gasteiger partial charge is 0.414 e. The predicted molar refractivity (Wildman–Crippen MR) is 139 cm³/mol. The monoisotopic (exact) mass is 512 g/mol. The number of nitrogens with one attached hydrogen (secondary N) is 1. The van der Waals surface area contributed by atoms with Crippen LogP contribution in [0.4, 0.5) is 9.18 Å². The van der Waals surface area contributed by atoms with Gasteiger partial charge in [0, 0.05) is 18.2 Å². The molecule has 0 spiro atoms. The number of halogens is 1. The number of rotatable bonds is 3. The van der Waals surface area contributed by atoms with Crippen LogP contribution in [-0.2, 0) is 20.0 Å². The molecule has 2 heterocycles. The van der Waals surface area contributed by atoms with Crippen molar-refractivity contribution in [2.24, 2.45) is 4.99 Å². The third-order valence-electron chi connectivity index (χ3n) is 5.69. The second-order valence-corrected chi connectivity index (χ2v) is 12.2. The van der Waals surface area contributed by atoms with E-state index in [4.69, 9.17) is 9.15 Å². The number of carbonyl (C=O) groups is 1. The summed E-state index contributed by atoms with van der Waals surface area (Å²) in [4.78, 5) is 21.2. The van der Waals surface area contributed by atoms with E-state index in [0.29, 0.717) is 5.89 Å². The van der Waals surface area contributed by atoms with Crippen molar-refractivity contribution in [2.45, 2.75) is 38.8 Å². The molecule has 1 unspecified atom stereocenters. The first-order chi connectivity index (χ1) is 16.8. The van der Waals surface area contributed by atoms with Crippen molar-refractivity contribution in [3.63, 3.8) is 0 Å². The molecule has 2 atom stereocenters. The lowest BCUT2D eigenvalue weighted by molar-refractivity contribution is 0.0559. The summed E-state index contributed by atoms with van der Waals surface area (Å²) in [5.74, 6) is 3.76. The summed E-state index contributed by atoms with van der Waals surface area (Å²) >= 11 is 0. The summed E-state index contributed by atoms with van der Waals surface area (Å²) in [6.07, 6.45) is 2.30. The van der Waals surface area contributed by atoms with Crippen molar-refractivity contribution in [3.8, 4) is 22.6 Å². The lowest BCUT2D eigenvalue weighted by Gasteiger charge is -2.39. The van der Waals surface area contributed by atoms with Crippen LogP contribution in [-0.4, -0.2) is 49.8 Å². The first-order valence-corrected chi connectivity index (χ1v) is 13.1. The number of alkyl carbamates (subject to hydrolysis) is 1. The number of aromatic nitrogens is 1. The number of guanidine groups is 1. The molecule has 0 saturated carbocycles. The molecule has 8 nitrogen and oxygen atoms in total. The van der Waals surface area contributed by atoms with Crippen LogP contribution in [0.25, 0.3) is 22.6 Å².